The predicted molar refractivity (Wildman–Crippen MR) is 58.4 cm³/mol. The quantitative estimate of drug-likeness (QED) is 0.660. The van der Waals surface area contributed by atoms with Gasteiger partial charge in [-0.3, -0.25) is 4.90 Å². The number of likely N-dealkylation sites (tertiary alicyclic amines) is 1. The molecule has 0 aliphatic carbocycles. The lowest BCUT2D eigenvalue weighted by Crippen LogP contribution is -2.54. The Labute approximate surface area is 92.0 Å². The maximum atomic E-state index is 9.46. The van der Waals surface area contributed by atoms with Crippen LogP contribution >= 0.6 is 0 Å². The third-order valence-electron chi connectivity index (χ3n) is 3.71. The van der Waals surface area contributed by atoms with Crippen LogP contribution in [0.15, 0.2) is 0 Å². The fraction of sp³-hybridized carbons (Fsp3) is 0.917. The molecule has 0 bridgehead atoms. The zero-order valence-electron chi connectivity index (χ0n) is 9.54. The summed E-state index contributed by atoms with van der Waals surface area (Å²) in [6, 6.07) is 2.56. The summed E-state index contributed by atoms with van der Waals surface area (Å²) in [5, 5.41) is 9.46. The molecule has 2 rings (SSSR count). The van der Waals surface area contributed by atoms with Crippen LogP contribution < -0.4 is 0 Å². The maximum absolute atomic E-state index is 9.46. The van der Waals surface area contributed by atoms with E-state index >= 15 is 0 Å². The largest absolute Gasteiger partial charge is 0.378 e. The topological polar surface area (TPSA) is 36.3 Å². The molecule has 3 heteroatoms. The van der Waals surface area contributed by atoms with E-state index in [9.17, 15) is 5.26 Å². The molecule has 3 nitrogen and oxygen atoms in total. The fourth-order valence-electron chi connectivity index (χ4n) is 2.85. The van der Waals surface area contributed by atoms with Gasteiger partial charge in [-0.1, -0.05) is 6.42 Å². The van der Waals surface area contributed by atoms with Gasteiger partial charge in [-0.05, 0) is 32.9 Å². The van der Waals surface area contributed by atoms with E-state index in [4.69, 9.17) is 4.74 Å². The molecule has 15 heavy (non-hydrogen) atoms. The molecule has 84 valence electrons. The fourth-order valence-corrected chi connectivity index (χ4v) is 2.85. The highest BCUT2D eigenvalue weighted by Gasteiger charge is 2.41. The third-order valence-corrected chi connectivity index (χ3v) is 3.71. The van der Waals surface area contributed by atoms with Crippen molar-refractivity contribution in [2.75, 3.05) is 19.7 Å². The van der Waals surface area contributed by atoms with Crippen molar-refractivity contribution in [3.05, 3.63) is 0 Å². The van der Waals surface area contributed by atoms with Crippen molar-refractivity contribution in [3.63, 3.8) is 0 Å². The minimum absolute atomic E-state index is 0.224. The minimum atomic E-state index is -0.224. The molecule has 0 aromatic rings. The second-order valence-corrected chi connectivity index (χ2v) is 4.83. The van der Waals surface area contributed by atoms with E-state index in [2.05, 4.69) is 17.9 Å². The Balaban J connectivity index is 2.09. The van der Waals surface area contributed by atoms with Gasteiger partial charge in [0.25, 0.3) is 0 Å². The summed E-state index contributed by atoms with van der Waals surface area (Å²) in [5.74, 6) is 0. The Hall–Kier alpha value is -0.590. The molecule has 0 aromatic carbocycles. The van der Waals surface area contributed by atoms with E-state index in [1.165, 1.54) is 19.3 Å². The first kappa shape index (κ1) is 10.9. The Morgan fingerprint density at radius 3 is 2.67 bits per heavy atom. The van der Waals surface area contributed by atoms with Crippen LogP contribution in [-0.4, -0.2) is 36.2 Å². The standard InChI is InChI=1S/C12H20N2O/c1-11-9-12(10-13,5-8-15-11)14-6-3-2-4-7-14/h11H,2-9H2,1H3. The van der Waals surface area contributed by atoms with Gasteiger partial charge >= 0.3 is 0 Å². The van der Waals surface area contributed by atoms with Crippen molar-refractivity contribution in [3.8, 4) is 6.07 Å². The summed E-state index contributed by atoms with van der Waals surface area (Å²) >= 11 is 0. The molecular weight excluding hydrogens is 188 g/mol. The molecule has 2 aliphatic rings. The van der Waals surface area contributed by atoms with Crippen LogP contribution in [0.5, 0.6) is 0 Å². The van der Waals surface area contributed by atoms with E-state index in [1.54, 1.807) is 0 Å². The van der Waals surface area contributed by atoms with E-state index in [0.29, 0.717) is 0 Å². The number of ether oxygens (including phenoxy) is 1. The summed E-state index contributed by atoms with van der Waals surface area (Å²) < 4.78 is 5.55. The van der Waals surface area contributed by atoms with E-state index in [0.717, 1.165) is 32.5 Å². The molecule has 0 N–H and O–H groups in total. The molecular formula is C12H20N2O. The summed E-state index contributed by atoms with van der Waals surface area (Å²) in [4.78, 5) is 2.40. The molecule has 0 spiro atoms. The molecule has 2 heterocycles. The monoisotopic (exact) mass is 208 g/mol. The van der Waals surface area contributed by atoms with E-state index in [1.807, 2.05) is 0 Å². The van der Waals surface area contributed by atoms with Gasteiger partial charge in [-0.2, -0.15) is 5.26 Å². The highest BCUT2D eigenvalue weighted by Crippen LogP contribution is 2.32. The van der Waals surface area contributed by atoms with Crippen molar-refractivity contribution < 1.29 is 4.74 Å². The lowest BCUT2D eigenvalue weighted by atomic mass is 9.85. The molecule has 0 amide bonds. The average molecular weight is 208 g/mol. The number of nitriles is 1. The van der Waals surface area contributed by atoms with Gasteiger partial charge in [0.2, 0.25) is 0 Å². The lowest BCUT2D eigenvalue weighted by Gasteiger charge is -2.44. The summed E-state index contributed by atoms with van der Waals surface area (Å²) in [5.41, 5.74) is -0.224. The first-order chi connectivity index (χ1) is 7.27. The van der Waals surface area contributed by atoms with Gasteiger partial charge in [-0.25, -0.2) is 0 Å². The second kappa shape index (κ2) is 4.51. The Morgan fingerprint density at radius 1 is 1.33 bits per heavy atom. The third kappa shape index (κ3) is 2.16. The highest BCUT2D eigenvalue weighted by atomic mass is 16.5. The first-order valence-corrected chi connectivity index (χ1v) is 6.05. The number of hydrogen-bond acceptors (Lipinski definition) is 3. The molecule has 2 saturated heterocycles. The van der Waals surface area contributed by atoms with Crippen LogP contribution in [0.2, 0.25) is 0 Å². The van der Waals surface area contributed by atoms with Crippen LogP contribution in [0.4, 0.5) is 0 Å². The molecule has 0 saturated carbocycles. The van der Waals surface area contributed by atoms with Gasteiger partial charge in [0.05, 0.1) is 12.2 Å². The maximum Gasteiger partial charge on any atom is 0.113 e. The minimum Gasteiger partial charge on any atom is -0.378 e. The Morgan fingerprint density at radius 2 is 2.07 bits per heavy atom. The Bertz CT molecular complexity index is 255. The van der Waals surface area contributed by atoms with Crippen molar-refractivity contribution in [1.82, 2.24) is 4.90 Å². The van der Waals surface area contributed by atoms with Crippen LogP contribution in [0.1, 0.15) is 39.0 Å². The van der Waals surface area contributed by atoms with Gasteiger partial charge in [0, 0.05) is 19.4 Å². The molecule has 0 radical (unpaired) electrons. The predicted octanol–water partition coefficient (Wildman–Crippen LogP) is 1.93. The molecule has 2 atom stereocenters. The number of rotatable bonds is 1. The summed E-state index contributed by atoms with van der Waals surface area (Å²) in [7, 11) is 0. The van der Waals surface area contributed by atoms with Gasteiger partial charge < -0.3 is 4.74 Å². The van der Waals surface area contributed by atoms with E-state index < -0.39 is 0 Å². The smallest absolute Gasteiger partial charge is 0.113 e. The van der Waals surface area contributed by atoms with Crippen molar-refractivity contribution in [1.29, 1.82) is 5.26 Å². The molecule has 0 aromatic heterocycles. The zero-order chi connectivity index (χ0) is 10.7. The highest BCUT2D eigenvalue weighted by molar-refractivity contribution is 5.11. The molecule has 2 aliphatic heterocycles. The van der Waals surface area contributed by atoms with Crippen LogP contribution in [0, 0.1) is 11.3 Å². The average Bonchev–Trinajstić information content (AvgIpc) is 2.30. The lowest BCUT2D eigenvalue weighted by molar-refractivity contribution is -0.0486. The van der Waals surface area contributed by atoms with Crippen LogP contribution in [0.3, 0.4) is 0 Å². The normalized spacial score (nSPS) is 38.5. The first-order valence-electron chi connectivity index (χ1n) is 6.05. The zero-order valence-corrected chi connectivity index (χ0v) is 9.54. The second-order valence-electron chi connectivity index (χ2n) is 4.83. The number of hydrogen-bond donors (Lipinski definition) is 0. The summed E-state index contributed by atoms with van der Waals surface area (Å²) in [6.45, 7) is 5.01. The van der Waals surface area contributed by atoms with Gasteiger partial charge in [-0.15, -0.1) is 0 Å². The van der Waals surface area contributed by atoms with Crippen molar-refractivity contribution in [2.45, 2.75) is 50.7 Å². The van der Waals surface area contributed by atoms with E-state index in [-0.39, 0.29) is 11.6 Å². The molecule has 2 fully saturated rings. The molecule has 2 unspecified atom stereocenters. The van der Waals surface area contributed by atoms with Crippen LogP contribution in [-0.2, 0) is 4.74 Å². The van der Waals surface area contributed by atoms with Crippen LogP contribution in [0.25, 0.3) is 0 Å². The summed E-state index contributed by atoms with van der Waals surface area (Å²) in [6.07, 6.45) is 5.82. The number of nitrogens with zero attached hydrogens (tertiary/aromatic N) is 2. The van der Waals surface area contributed by atoms with Gasteiger partial charge in [0.1, 0.15) is 5.54 Å². The van der Waals surface area contributed by atoms with Gasteiger partial charge in [0.15, 0.2) is 0 Å². The number of piperidine rings is 1. The van der Waals surface area contributed by atoms with Crippen molar-refractivity contribution >= 4 is 0 Å². The van der Waals surface area contributed by atoms with Crippen molar-refractivity contribution in [2.24, 2.45) is 0 Å². The SMILES string of the molecule is CC1CC(C#N)(N2CCCCC2)CCO1. The Kier molecular flexibility index (Phi) is 3.28.